The molecule has 0 atom stereocenters. The minimum atomic E-state index is 0.779. The molecule has 0 radical (unpaired) electrons. The Hall–Kier alpha value is -1.61. The first-order valence-electron chi connectivity index (χ1n) is 5.60. The van der Waals surface area contributed by atoms with Crippen LogP contribution >= 0.6 is 11.6 Å². The molecule has 0 unspecified atom stereocenters. The van der Waals surface area contributed by atoms with Gasteiger partial charge in [0.1, 0.15) is 0 Å². The van der Waals surface area contributed by atoms with Crippen molar-refractivity contribution in [3.63, 3.8) is 0 Å². The van der Waals surface area contributed by atoms with Crippen molar-refractivity contribution >= 4 is 17.3 Å². The number of benzene rings is 1. The number of rotatable bonds is 1. The Labute approximate surface area is 105 Å². The molecular weight excluding hydrogens is 234 g/mol. The van der Waals surface area contributed by atoms with E-state index in [-0.39, 0.29) is 0 Å². The largest absolute Gasteiger partial charge is 0.383 e. The lowest BCUT2D eigenvalue weighted by molar-refractivity contribution is 1.09. The Bertz CT molecular complexity index is 564. The van der Waals surface area contributed by atoms with Crippen LogP contribution < -0.4 is 5.32 Å². The molecule has 1 aromatic carbocycles. The summed E-state index contributed by atoms with van der Waals surface area (Å²) in [6.45, 7) is 2.87. The van der Waals surface area contributed by atoms with Crippen LogP contribution in [0.5, 0.6) is 0 Å². The number of hydrogen-bond donors (Lipinski definition) is 1. The molecule has 1 aliphatic heterocycles. The summed E-state index contributed by atoms with van der Waals surface area (Å²) in [6.07, 6.45) is 4.59. The van der Waals surface area contributed by atoms with Crippen molar-refractivity contribution in [2.24, 2.45) is 0 Å². The van der Waals surface area contributed by atoms with Gasteiger partial charge in [-0.05, 0) is 25.0 Å². The van der Waals surface area contributed by atoms with Gasteiger partial charge in [0.15, 0.2) is 0 Å². The lowest BCUT2D eigenvalue weighted by atomic mass is 10.0. The fraction of sp³-hybridized carbons (Fsp3) is 0.231. The van der Waals surface area contributed by atoms with Crippen LogP contribution in [0.2, 0.25) is 5.02 Å². The molecule has 2 aromatic rings. The van der Waals surface area contributed by atoms with E-state index in [1.807, 2.05) is 25.3 Å². The lowest BCUT2D eigenvalue weighted by Crippen LogP contribution is -1.92. The minimum Gasteiger partial charge on any atom is -0.383 e. The van der Waals surface area contributed by atoms with Gasteiger partial charge in [0.25, 0.3) is 0 Å². The first kappa shape index (κ1) is 10.5. The number of hydrogen-bond acceptors (Lipinski definition) is 3. The van der Waals surface area contributed by atoms with E-state index in [9.17, 15) is 0 Å². The van der Waals surface area contributed by atoms with Gasteiger partial charge in [-0.25, -0.2) is 0 Å². The van der Waals surface area contributed by atoms with Gasteiger partial charge in [-0.3, -0.25) is 9.97 Å². The monoisotopic (exact) mass is 245 g/mol. The zero-order chi connectivity index (χ0) is 11.8. The molecule has 0 spiro atoms. The first-order chi connectivity index (χ1) is 8.25. The number of nitrogens with zero attached hydrogens (tertiary/aromatic N) is 2. The topological polar surface area (TPSA) is 37.8 Å². The van der Waals surface area contributed by atoms with Gasteiger partial charge < -0.3 is 5.32 Å². The van der Waals surface area contributed by atoms with E-state index in [4.69, 9.17) is 11.6 Å². The summed E-state index contributed by atoms with van der Waals surface area (Å²) in [7, 11) is 0. The molecule has 1 N–H and O–H groups in total. The first-order valence-corrected chi connectivity index (χ1v) is 5.98. The standard InChI is InChI=1S/C13H12ClN3/c1-8-6-17-12(7-16-8)9-2-3-11(14)13-10(9)4-5-15-13/h2-3,6-7,15H,4-5H2,1H3. The van der Waals surface area contributed by atoms with E-state index in [0.29, 0.717) is 0 Å². The van der Waals surface area contributed by atoms with Crippen LogP contribution in [0.25, 0.3) is 11.3 Å². The van der Waals surface area contributed by atoms with E-state index >= 15 is 0 Å². The highest BCUT2D eigenvalue weighted by Crippen LogP contribution is 2.36. The third kappa shape index (κ3) is 1.76. The fourth-order valence-corrected chi connectivity index (χ4v) is 2.40. The Morgan fingerprint density at radius 1 is 1.24 bits per heavy atom. The van der Waals surface area contributed by atoms with Gasteiger partial charge >= 0.3 is 0 Å². The maximum absolute atomic E-state index is 6.16. The Balaban J connectivity index is 2.16. The molecule has 1 aliphatic rings. The molecule has 0 bridgehead atoms. The maximum atomic E-state index is 6.16. The molecule has 4 heteroatoms. The molecular formula is C13H12ClN3. The number of nitrogens with one attached hydrogen (secondary N) is 1. The number of fused-ring (bicyclic) bond motifs is 1. The summed E-state index contributed by atoms with van der Waals surface area (Å²) in [5.41, 5.74) is 5.26. The molecule has 0 saturated carbocycles. The van der Waals surface area contributed by atoms with Crippen molar-refractivity contribution < 1.29 is 0 Å². The highest BCUT2D eigenvalue weighted by atomic mass is 35.5. The van der Waals surface area contributed by atoms with Gasteiger partial charge in [-0.2, -0.15) is 0 Å². The highest BCUT2D eigenvalue weighted by Gasteiger charge is 2.18. The van der Waals surface area contributed by atoms with Gasteiger partial charge in [0.2, 0.25) is 0 Å². The molecule has 3 nitrogen and oxygen atoms in total. The van der Waals surface area contributed by atoms with Crippen LogP contribution in [-0.4, -0.2) is 16.5 Å². The number of anilines is 1. The van der Waals surface area contributed by atoms with Gasteiger partial charge in [0.05, 0.1) is 28.3 Å². The van der Waals surface area contributed by atoms with Crippen LogP contribution in [0, 0.1) is 6.92 Å². The molecule has 3 rings (SSSR count). The third-order valence-electron chi connectivity index (χ3n) is 3.00. The summed E-state index contributed by atoms with van der Waals surface area (Å²) in [5, 5.41) is 4.09. The van der Waals surface area contributed by atoms with Gasteiger partial charge in [-0.15, -0.1) is 0 Å². The number of aryl methyl sites for hydroxylation is 1. The van der Waals surface area contributed by atoms with Crippen molar-refractivity contribution in [1.82, 2.24) is 9.97 Å². The molecule has 2 heterocycles. The average molecular weight is 246 g/mol. The molecule has 1 aromatic heterocycles. The second kappa shape index (κ2) is 4.00. The van der Waals surface area contributed by atoms with E-state index in [2.05, 4.69) is 15.3 Å². The molecule has 0 aliphatic carbocycles. The van der Waals surface area contributed by atoms with Crippen molar-refractivity contribution in [2.45, 2.75) is 13.3 Å². The molecule has 0 amide bonds. The van der Waals surface area contributed by atoms with Crippen molar-refractivity contribution in [1.29, 1.82) is 0 Å². The summed E-state index contributed by atoms with van der Waals surface area (Å²) in [6, 6.07) is 3.93. The molecule has 0 fully saturated rings. The molecule has 0 saturated heterocycles. The van der Waals surface area contributed by atoms with E-state index in [1.165, 1.54) is 5.56 Å². The van der Waals surface area contributed by atoms with Crippen LogP contribution in [0.15, 0.2) is 24.5 Å². The van der Waals surface area contributed by atoms with Gasteiger partial charge in [-0.1, -0.05) is 17.7 Å². The predicted octanol–water partition coefficient (Wildman–Crippen LogP) is 3.07. The van der Waals surface area contributed by atoms with Crippen molar-refractivity contribution in [2.75, 3.05) is 11.9 Å². The van der Waals surface area contributed by atoms with E-state index in [1.54, 1.807) is 6.20 Å². The number of halogens is 1. The maximum Gasteiger partial charge on any atom is 0.0888 e. The van der Waals surface area contributed by atoms with Crippen LogP contribution in [-0.2, 0) is 6.42 Å². The van der Waals surface area contributed by atoms with Crippen LogP contribution in [0.1, 0.15) is 11.3 Å². The Kier molecular flexibility index (Phi) is 2.48. The van der Waals surface area contributed by atoms with Crippen molar-refractivity contribution in [3.05, 3.63) is 40.8 Å². The van der Waals surface area contributed by atoms with Crippen molar-refractivity contribution in [3.8, 4) is 11.3 Å². The minimum absolute atomic E-state index is 0.779. The summed E-state index contributed by atoms with van der Waals surface area (Å²) < 4.78 is 0. The zero-order valence-corrected chi connectivity index (χ0v) is 10.3. The Morgan fingerprint density at radius 3 is 2.88 bits per heavy atom. The Morgan fingerprint density at radius 2 is 2.12 bits per heavy atom. The zero-order valence-electron chi connectivity index (χ0n) is 9.50. The third-order valence-corrected chi connectivity index (χ3v) is 3.31. The van der Waals surface area contributed by atoms with E-state index in [0.717, 1.165) is 40.6 Å². The summed E-state index contributed by atoms with van der Waals surface area (Å²) in [4.78, 5) is 8.71. The fourth-order valence-electron chi connectivity index (χ4n) is 2.15. The molecule has 86 valence electrons. The lowest BCUT2D eigenvalue weighted by Gasteiger charge is -2.08. The predicted molar refractivity (Wildman–Crippen MR) is 69.4 cm³/mol. The summed E-state index contributed by atoms with van der Waals surface area (Å²) >= 11 is 6.16. The molecule has 17 heavy (non-hydrogen) atoms. The van der Waals surface area contributed by atoms with Crippen LogP contribution in [0.3, 0.4) is 0 Å². The van der Waals surface area contributed by atoms with Crippen LogP contribution in [0.4, 0.5) is 5.69 Å². The number of aromatic nitrogens is 2. The smallest absolute Gasteiger partial charge is 0.0888 e. The SMILES string of the molecule is Cc1cnc(-c2ccc(Cl)c3c2CCN3)cn1. The highest BCUT2D eigenvalue weighted by molar-refractivity contribution is 6.33. The second-order valence-corrected chi connectivity index (χ2v) is 4.58. The normalized spacial score (nSPS) is 13.3. The average Bonchev–Trinajstić information content (AvgIpc) is 2.81. The second-order valence-electron chi connectivity index (χ2n) is 4.17. The summed E-state index contributed by atoms with van der Waals surface area (Å²) in [5.74, 6) is 0. The van der Waals surface area contributed by atoms with Gasteiger partial charge in [0, 0.05) is 18.3 Å². The quantitative estimate of drug-likeness (QED) is 0.839. The van der Waals surface area contributed by atoms with E-state index < -0.39 is 0 Å².